The van der Waals surface area contributed by atoms with Crippen LogP contribution in [0.4, 0.5) is 0 Å². The van der Waals surface area contributed by atoms with Gasteiger partial charge in [0.05, 0.1) is 6.04 Å². The summed E-state index contributed by atoms with van der Waals surface area (Å²) in [5.74, 6) is 0.468. The maximum Gasteiger partial charge on any atom is 0.0541 e. The number of aliphatic imine (C=N–C) groups is 1. The number of benzene rings is 2. The highest BCUT2D eigenvalue weighted by Crippen LogP contribution is 2.41. The first-order valence-electron chi connectivity index (χ1n) is 7.91. The van der Waals surface area contributed by atoms with Gasteiger partial charge in [-0.05, 0) is 47.2 Å². The molecule has 1 aliphatic heterocycles. The summed E-state index contributed by atoms with van der Waals surface area (Å²) in [4.78, 5) is 4.90. The predicted molar refractivity (Wildman–Crippen MR) is 92.7 cm³/mol. The maximum absolute atomic E-state index is 4.90. The van der Waals surface area contributed by atoms with Gasteiger partial charge in [-0.3, -0.25) is 4.99 Å². The summed E-state index contributed by atoms with van der Waals surface area (Å²) in [5.41, 5.74) is 5.65. The normalized spacial score (nSPS) is 22.1. The van der Waals surface area contributed by atoms with Crippen LogP contribution in [0.1, 0.15) is 64.2 Å². The predicted octanol–water partition coefficient (Wildman–Crippen LogP) is 5.45. The van der Waals surface area contributed by atoms with Crippen LogP contribution in [0.25, 0.3) is 10.8 Å². The molecule has 0 amide bonds. The van der Waals surface area contributed by atoms with E-state index in [4.69, 9.17) is 4.99 Å². The van der Waals surface area contributed by atoms with Gasteiger partial charge in [0.1, 0.15) is 0 Å². The van der Waals surface area contributed by atoms with Crippen LogP contribution in [0.2, 0.25) is 0 Å². The Hall–Kier alpha value is -1.63. The van der Waals surface area contributed by atoms with E-state index in [1.807, 2.05) is 0 Å². The molecule has 0 N–H and O–H groups in total. The molecule has 0 saturated heterocycles. The van der Waals surface area contributed by atoms with Gasteiger partial charge in [-0.1, -0.05) is 52.0 Å². The van der Waals surface area contributed by atoms with E-state index in [-0.39, 0.29) is 5.41 Å². The maximum atomic E-state index is 4.90. The summed E-state index contributed by atoms with van der Waals surface area (Å²) in [6.45, 7) is 13.6. The van der Waals surface area contributed by atoms with Crippen LogP contribution in [-0.2, 0) is 5.41 Å². The van der Waals surface area contributed by atoms with Gasteiger partial charge in [0.15, 0.2) is 0 Å². The molecule has 1 heteroatoms. The monoisotopic (exact) mass is 279 g/mol. The van der Waals surface area contributed by atoms with Crippen molar-refractivity contribution in [1.29, 1.82) is 0 Å². The third-order valence-electron chi connectivity index (χ3n) is 4.84. The molecule has 1 aliphatic rings. The average molecular weight is 279 g/mol. The van der Waals surface area contributed by atoms with E-state index in [0.717, 1.165) is 0 Å². The van der Waals surface area contributed by atoms with Gasteiger partial charge in [0, 0.05) is 17.2 Å². The topological polar surface area (TPSA) is 12.4 Å². The van der Waals surface area contributed by atoms with Gasteiger partial charge in [0.2, 0.25) is 0 Å². The van der Waals surface area contributed by atoms with E-state index in [9.17, 15) is 0 Å². The van der Waals surface area contributed by atoms with Crippen LogP contribution in [-0.4, -0.2) is 11.8 Å². The molecule has 3 rings (SSSR count). The van der Waals surface area contributed by atoms with Crippen LogP contribution >= 0.6 is 0 Å². The highest BCUT2D eigenvalue weighted by Gasteiger charge is 2.30. The van der Waals surface area contributed by atoms with Gasteiger partial charge < -0.3 is 0 Å². The summed E-state index contributed by atoms with van der Waals surface area (Å²) in [6, 6.07) is 11.5. The fourth-order valence-corrected chi connectivity index (χ4v) is 3.55. The molecule has 21 heavy (non-hydrogen) atoms. The summed E-state index contributed by atoms with van der Waals surface area (Å²) < 4.78 is 0. The summed E-state index contributed by atoms with van der Waals surface area (Å²) >= 11 is 0. The van der Waals surface area contributed by atoms with Gasteiger partial charge in [-0.25, -0.2) is 0 Å². The molecule has 2 aromatic carbocycles. The minimum atomic E-state index is 0.130. The molecule has 110 valence electrons. The van der Waals surface area contributed by atoms with Gasteiger partial charge in [-0.2, -0.15) is 0 Å². The Balaban J connectivity index is 2.48. The van der Waals surface area contributed by atoms with E-state index in [1.165, 1.54) is 33.2 Å². The van der Waals surface area contributed by atoms with Crippen molar-refractivity contribution < 1.29 is 0 Å². The lowest BCUT2D eigenvalue weighted by Gasteiger charge is -2.33. The van der Waals surface area contributed by atoms with E-state index in [0.29, 0.717) is 12.0 Å². The standard InChI is InChI=1S/C20H25N/c1-12-13(2)21-14(3)19-17(20(4,5)6)11-15-9-7-8-10-16(15)18(12)19/h7-13H,1-6H3. The fourth-order valence-electron chi connectivity index (χ4n) is 3.55. The quantitative estimate of drug-likeness (QED) is 0.608. The minimum Gasteiger partial charge on any atom is -0.286 e. The van der Waals surface area contributed by atoms with E-state index in [1.54, 1.807) is 0 Å². The Bertz CT molecular complexity index is 731. The van der Waals surface area contributed by atoms with Gasteiger partial charge in [-0.15, -0.1) is 0 Å². The molecular formula is C20H25N. The Kier molecular flexibility index (Phi) is 3.20. The molecule has 0 bridgehead atoms. The van der Waals surface area contributed by atoms with E-state index < -0.39 is 0 Å². The molecule has 0 saturated carbocycles. The molecule has 0 radical (unpaired) electrons. The van der Waals surface area contributed by atoms with Crippen molar-refractivity contribution in [2.24, 2.45) is 4.99 Å². The van der Waals surface area contributed by atoms with Crippen molar-refractivity contribution >= 4 is 16.5 Å². The molecule has 1 heterocycles. The van der Waals surface area contributed by atoms with Crippen LogP contribution < -0.4 is 0 Å². The molecule has 2 atom stereocenters. The van der Waals surface area contributed by atoms with E-state index >= 15 is 0 Å². The zero-order chi connectivity index (χ0) is 15.4. The van der Waals surface area contributed by atoms with Crippen molar-refractivity contribution in [2.75, 3.05) is 0 Å². The first-order chi connectivity index (χ1) is 9.80. The lowest BCUT2D eigenvalue weighted by molar-refractivity contribution is 0.574. The van der Waals surface area contributed by atoms with Crippen molar-refractivity contribution in [2.45, 2.75) is 58.9 Å². The van der Waals surface area contributed by atoms with Gasteiger partial charge in [0.25, 0.3) is 0 Å². The molecule has 0 aromatic heterocycles. The Morgan fingerprint density at radius 3 is 2.38 bits per heavy atom. The first-order valence-corrected chi connectivity index (χ1v) is 7.91. The lowest BCUT2D eigenvalue weighted by Crippen LogP contribution is -2.26. The van der Waals surface area contributed by atoms with Crippen molar-refractivity contribution in [1.82, 2.24) is 0 Å². The molecule has 0 spiro atoms. The van der Waals surface area contributed by atoms with Crippen LogP contribution in [0.5, 0.6) is 0 Å². The van der Waals surface area contributed by atoms with Crippen molar-refractivity contribution in [3.63, 3.8) is 0 Å². The lowest BCUT2D eigenvalue weighted by atomic mass is 9.74. The molecule has 2 aromatic rings. The number of fused-ring (bicyclic) bond motifs is 3. The van der Waals surface area contributed by atoms with E-state index in [2.05, 4.69) is 71.9 Å². The molecular weight excluding hydrogens is 254 g/mol. The minimum absolute atomic E-state index is 0.130. The third kappa shape index (κ3) is 2.19. The average Bonchev–Trinajstić information content (AvgIpc) is 2.42. The summed E-state index contributed by atoms with van der Waals surface area (Å²) in [7, 11) is 0. The largest absolute Gasteiger partial charge is 0.286 e. The third-order valence-corrected chi connectivity index (χ3v) is 4.84. The summed E-state index contributed by atoms with van der Waals surface area (Å²) in [5, 5.41) is 2.75. The molecule has 2 unspecified atom stereocenters. The number of nitrogens with zero attached hydrogens (tertiary/aromatic N) is 1. The second kappa shape index (κ2) is 4.69. The van der Waals surface area contributed by atoms with Gasteiger partial charge >= 0.3 is 0 Å². The molecule has 1 nitrogen and oxygen atoms in total. The Labute approximate surface area is 128 Å². The summed E-state index contributed by atoms with van der Waals surface area (Å²) in [6.07, 6.45) is 0. The second-order valence-electron chi connectivity index (χ2n) is 7.43. The highest BCUT2D eigenvalue weighted by atomic mass is 14.8. The van der Waals surface area contributed by atoms with Crippen molar-refractivity contribution in [3.05, 3.63) is 47.0 Å². The number of hydrogen-bond acceptors (Lipinski definition) is 1. The highest BCUT2D eigenvalue weighted by molar-refractivity contribution is 6.07. The first kappa shape index (κ1) is 14.3. The van der Waals surface area contributed by atoms with Crippen LogP contribution in [0.3, 0.4) is 0 Å². The Morgan fingerprint density at radius 2 is 1.71 bits per heavy atom. The Morgan fingerprint density at radius 1 is 1.05 bits per heavy atom. The second-order valence-corrected chi connectivity index (χ2v) is 7.43. The molecule has 0 aliphatic carbocycles. The van der Waals surface area contributed by atoms with Crippen molar-refractivity contribution in [3.8, 4) is 0 Å². The molecule has 0 fully saturated rings. The number of rotatable bonds is 0. The van der Waals surface area contributed by atoms with Crippen LogP contribution in [0.15, 0.2) is 35.3 Å². The zero-order valence-corrected chi connectivity index (χ0v) is 14.0. The SMILES string of the molecule is CC1=NC(C)C(C)c2c1c(C(C)(C)C)cc1ccccc21. The zero-order valence-electron chi connectivity index (χ0n) is 14.0. The fraction of sp³-hybridized carbons (Fsp3) is 0.450. The van der Waals surface area contributed by atoms with Crippen LogP contribution in [0, 0.1) is 0 Å². The smallest absolute Gasteiger partial charge is 0.0541 e. The number of hydrogen-bond donors (Lipinski definition) is 0.